The molecule has 1 saturated heterocycles. The molecule has 2 aromatic carbocycles. The molecule has 1 aliphatic heterocycles. The molecule has 0 spiro atoms. The largest absolute Gasteiger partial charge is 0.335 e. The Morgan fingerprint density at radius 1 is 1.03 bits per heavy atom. The number of nitrogens with zero attached hydrogens (tertiary/aromatic N) is 2. The summed E-state index contributed by atoms with van der Waals surface area (Å²) in [5, 5.41) is 8.19. The van der Waals surface area contributed by atoms with Crippen molar-refractivity contribution in [2.45, 2.75) is 44.3 Å². The van der Waals surface area contributed by atoms with E-state index in [0.29, 0.717) is 12.1 Å². The molecule has 3 aromatic rings. The SMILES string of the molecule is NC1CCN(Cc2ccc3cncc(-c4ccc(NC(=O)NC5CC5)cc4)c3c2)CC1. The molecule has 1 aliphatic carbocycles. The predicted octanol–water partition coefficient (Wildman–Crippen LogP) is 4.11. The molecule has 31 heavy (non-hydrogen) atoms. The van der Waals surface area contributed by atoms with Crippen molar-refractivity contribution in [3.8, 4) is 11.1 Å². The molecule has 0 unspecified atom stereocenters. The summed E-state index contributed by atoms with van der Waals surface area (Å²) < 4.78 is 0. The molecule has 2 fully saturated rings. The van der Waals surface area contributed by atoms with Gasteiger partial charge in [-0.1, -0.05) is 24.3 Å². The quantitative estimate of drug-likeness (QED) is 0.586. The van der Waals surface area contributed by atoms with Crippen molar-refractivity contribution in [1.82, 2.24) is 15.2 Å². The molecule has 160 valence electrons. The first-order chi connectivity index (χ1) is 15.1. The number of amides is 2. The van der Waals surface area contributed by atoms with Gasteiger partial charge in [-0.2, -0.15) is 0 Å². The van der Waals surface area contributed by atoms with Crippen LogP contribution in [0.1, 0.15) is 31.2 Å². The van der Waals surface area contributed by atoms with Crippen LogP contribution in [0.3, 0.4) is 0 Å². The Morgan fingerprint density at radius 3 is 2.55 bits per heavy atom. The van der Waals surface area contributed by atoms with Crippen LogP contribution in [0.15, 0.2) is 54.9 Å². The van der Waals surface area contributed by atoms with Crippen LogP contribution in [-0.2, 0) is 6.54 Å². The smallest absolute Gasteiger partial charge is 0.319 e. The minimum Gasteiger partial charge on any atom is -0.335 e. The van der Waals surface area contributed by atoms with E-state index in [-0.39, 0.29) is 6.03 Å². The Labute approximate surface area is 182 Å². The number of carbonyl (C=O) groups is 1. The van der Waals surface area contributed by atoms with Crippen LogP contribution in [0, 0.1) is 0 Å². The Morgan fingerprint density at radius 2 is 1.81 bits per heavy atom. The number of rotatable bonds is 5. The highest BCUT2D eigenvalue weighted by molar-refractivity contribution is 5.96. The maximum absolute atomic E-state index is 12.0. The van der Waals surface area contributed by atoms with Crippen LogP contribution in [-0.4, -0.2) is 41.1 Å². The average molecular weight is 416 g/mol. The van der Waals surface area contributed by atoms with Crippen molar-refractivity contribution in [1.29, 1.82) is 0 Å². The molecular formula is C25H29N5O. The van der Waals surface area contributed by atoms with Gasteiger partial charge in [0.15, 0.2) is 0 Å². The summed E-state index contributed by atoms with van der Waals surface area (Å²) in [4.78, 5) is 18.9. The minimum absolute atomic E-state index is 0.134. The molecule has 4 N–H and O–H groups in total. The zero-order chi connectivity index (χ0) is 21.2. The molecular weight excluding hydrogens is 386 g/mol. The van der Waals surface area contributed by atoms with Crippen molar-refractivity contribution in [3.63, 3.8) is 0 Å². The van der Waals surface area contributed by atoms with Gasteiger partial charge in [0.1, 0.15) is 0 Å². The third-order valence-corrected chi connectivity index (χ3v) is 6.23. The lowest BCUT2D eigenvalue weighted by Gasteiger charge is -2.30. The van der Waals surface area contributed by atoms with Gasteiger partial charge in [0.25, 0.3) is 0 Å². The van der Waals surface area contributed by atoms with Crippen LogP contribution >= 0.6 is 0 Å². The fraction of sp³-hybridized carbons (Fsp3) is 0.360. The number of fused-ring (bicyclic) bond motifs is 1. The highest BCUT2D eigenvalue weighted by Gasteiger charge is 2.23. The predicted molar refractivity (Wildman–Crippen MR) is 125 cm³/mol. The van der Waals surface area contributed by atoms with Gasteiger partial charge in [0, 0.05) is 47.7 Å². The molecule has 0 atom stereocenters. The molecule has 0 bridgehead atoms. The number of nitrogens with one attached hydrogen (secondary N) is 2. The molecule has 6 nitrogen and oxygen atoms in total. The summed E-state index contributed by atoms with van der Waals surface area (Å²) in [6, 6.07) is 15.2. The fourth-order valence-corrected chi connectivity index (χ4v) is 4.22. The standard InChI is InChI=1S/C25H29N5O/c26-20-9-11-30(12-10-20)16-17-1-2-19-14-27-15-24(23(19)13-17)18-3-5-21(6-4-18)28-25(31)29-22-7-8-22/h1-6,13-15,20,22H,7-12,16,26H2,(H2,28,29,31). The third-order valence-electron chi connectivity index (χ3n) is 6.23. The van der Waals surface area contributed by atoms with Gasteiger partial charge in [0.2, 0.25) is 0 Å². The number of carbonyl (C=O) groups excluding carboxylic acids is 1. The van der Waals surface area contributed by atoms with Crippen molar-refractivity contribution in [2.75, 3.05) is 18.4 Å². The number of piperidine rings is 1. The molecule has 0 radical (unpaired) electrons. The lowest BCUT2D eigenvalue weighted by atomic mass is 9.98. The van der Waals surface area contributed by atoms with E-state index < -0.39 is 0 Å². The molecule has 2 aliphatic rings. The van der Waals surface area contributed by atoms with Crippen LogP contribution in [0.4, 0.5) is 10.5 Å². The zero-order valence-electron chi connectivity index (χ0n) is 17.7. The van der Waals surface area contributed by atoms with E-state index in [1.807, 2.05) is 36.7 Å². The minimum atomic E-state index is -0.134. The van der Waals surface area contributed by atoms with Crippen LogP contribution < -0.4 is 16.4 Å². The number of benzene rings is 2. The first-order valence-corrected chi connectivity index (χ1v) is 11.2. The second-order valence-electron chi connectivity index (χ2n) is 8.81. The number of urea groups is 1. The van der Waals surface area contributed by atoms with Gasteiger partial charge in [-0.15, -0.1) is 0 Å². The maximum Gasteiger partial charge on any atom is 0.319 e. The number of aromatic nitrogens is 1. The Bertz CT molecular complexity index is 1070. The number of hydrogen-bond donors (Lipinski definition) is 3. The van der Waals surface area contributed by atoms with Gasteiger partial charge in [-0.3, -0.25) is 9.88 Å². The molecule has 1 saturated carbocycles. The van der Waals surface area contributed by atoms with Crippen molar-refractivity contribution >= 4 is 22.5 Å². The summed E-state index contributed by atoms with van der Waals surface area (Å²) in [5.74, 6) is 0. The number of likely N-dealkylation sites (tertiary alicyclic amines) is 1. The van der Waals surface area contributed by atoms with Gasteiger partial charge >= 0.3 is 6.03 Å². The lowest BCUT2D eigenvalue weighted by molar-refractivity contribution is 0.206. The highest BCUT2D eigenvalue weighted by Crippen LogP contribution is 2.30. The number of anilines is 1. The Hall–Kier alpha value is -2.96. The van der Waals surface area contributed by atoms with E-state index >= 15 is 0 Å². The van der Waals surface area contributed by atoms with Crippen molar-refractivity contribution in [3.05, 3.63) is 60.4 Å². The second kappa shape index (κ2) is 8.65. The van der Waals surface area contributed by atoms with Gasteiger partial charge < -0.3 is 16.4 Å². The summed E-state index contributed by atoms with van der Waals surface area (Å²) >= 11 is 0. The number of pyridine rings is 1. The van der Waals surface area contributed by atoms with Crippen molar-refractivity contribution in [2.24, 2.45) is 5.73 Å². The maximum atomic E-state index is 12.0. The van der Waals surface area contributed by atoms with Gasteiger partial charge in [0.05, 0.1) is 0 Å². The van der Waals surface area contributed by atoms with E-state index in [1.54, 1.807) is 0 Å². The summed E-state index contributed by atoms with van der Waals surface area (Å²) in [6.45, 7) is 3.07. The monoisotopic (exact) mass is 415 g/mol. The molecule has 2 heterocycles. The summed E-state index contributed by atoms with van der Waals surface area (Å²) in [6.07, 6.45) is 8.14. The van der Waals surface area contributed by atoms with Crippen LogP contribution in [0.25, 0.3) is 21.9 Å². The summed E-state index contributed by atoms with van der Waals surface area (Å²) in [5.41, 5.74) is 10.3. The molecule has 2 amide bonds. The Kier molecular flexibility index (Phi) is 5.57. The number of hydrogen-bond acceptors (Lipinski definition) is 4. The zero-order valence-corrected chi connectivity index (χ0v) is 17.7. The summed E-state index contributed by atoms with van der Waals surface area (Å²) in [7, 11) is 0. The van der Waals surface area contributed by atoms with E-state index in [9.17, 15) is 4.79 Å². The van der Waals surface area contributed by atoms with E-state index in [2.05, 4.69) is 38.7 Å². The highest BCUT2D eigenvalue weighted by atomic mass is 16.2. The Balaban J connectivity index is 1.35. The normalized spacial score (nSPS) is 17.6. The number of nitrogens with two attached hydrogens (primary N) is 1. The first kappa shape index (κ1) is 20.0. The van der Waals surface area contributed by atoms with E-state index in [1.165, 1.54) is 10.9 Å². The van der Waals surface area contributed by atoms with E-state index in [4.69, 9.17) is 5.73 Å². The first-order valence-electron chi connectivity index (χ1n) is 11.2. The average Bonchev–Trinajstić information content (AvgIpc) is 3.59. The van der Waals surface area contributed by atoms with Crippen LogP contribution in [0.5, 0.6) is 0 Å². The van der Waals surface area contributed by atoms with Gasteiger partial charge in [-0.05, 0) is 73.5 Å². The lowest BCUT2D eigenvalue weighted by Crippen LogP contribution is -2.39. The topological polar surface area (TPSA) is 83.3 Å². The fourth-order valence-electron chi connectivity index (χ4n) is 4.22. The van der Waals surface area contributed by atoms with E-state index in [0.717, 1.165) is 67.5 Å². The molecule has 5 rings (SSSR count). The third kappa shape index (κ3) is 4.86. The van der Waals surface area contributed by atoms with Crippen LogP contribution in [0.2, 0.25) is 0 Å². The van der Waals surface area contributed by atoms with Crippen molar-refractivity contribution < 1.29 is 4.79 Å². The second-order valence-corrected chi connectivity index (χ2v) is 8.81. The van der Waals surface area contributed by atoms with Gasteiger partial charge in [-0.25, -0.2) is 4.79 Å². The molecule has 1 aromatic heterocycles. The molecule has 6 heteroatoms.